The summed E-state index contributed by atoms with van der Waals surface area (Å²) >= 11 is 0. The molecule has 0 bridgehead atoms. The van der Waals surface area contributed by atoms with Crippen LogP contribution in [0, 0.1) is 23.3 Å². The molecule has 0 amide bonds. The highest BCUT2D eigenvalue weighted by Crippen LogP contribution is 2.36. The standard InChI is InChI=1S/C14H24Si/c1-5-8-13-9-6-10-14(13)11-7-12-15(2,3)4/h5,13-14H,1,6,8-11H2,2-4H3/t13-,14+/m0/s1. The van der Waals surface area contributed by atoms with Crippen molar-refractivity contribution in [1.82, 2.24) is 0 Å². The molecule has 0 saturated heterocycles. The minimum Gasteiger partial charge on any atom is -0.132 e. The van der Waals surface area contributed by atoms with Gasteiger partial charge >= 0.3 is 0 Å². The van der Waals surface area contributed by atoms with Crippen LogP contribution in [0.4, 0.5) is 0 Å². The van der Waals surface area contributed by atoms with E-state index in [9.17, 15) is 0 Å². The molecule has 0 heterocycles. The molecule has 0 N–H and O–H groups in total. The van der Waals surface area contributed by atoms with Crippen molar-refractivity contribution in [3.8, 4) is 11.5 Å². The van der Waals surface area contributed by atoms with Crippen molar-refractivity contribution in [2.24, 2.45) is 11.8 Å². The summed E-state index contributed by atoms with van der Waals surface area (Å²) in [7, 11) is -1.15. The summed E-state index contributed by atoms with van der Waals surface area (Å²) in [4.78, 5) is 0. The molecule has 0 aromatic rings. The molecule has 1 saturated carbocycles. The molecule has 2 atom stereocenters. The second kappa shape index (κ2) is 5.56. The Bertz CT molecular complexity index is 261. The molecule has 1 aliphatic carbocycles. The van der Waals surface area contributed by atoms with Crippen molar-refractivity contribution < 1.29 is 0 Å². The van der Waals surface area contributed by atoms with Gasteiger partial charge in [0.1, 0.15) is 8.07 Å². The van der Waals surface area contributed by atoms with Gasteiger partial charge < -0.3 is 0 Å². The van der Waals surface area contributed by atoms with Gasteiger partial charge in [-0.15, -0.1) is 18.0 Å². The third kappa shape index (κ3) is 4.71. The number of hydrogen-bond acceptors (Lipinski definition) is 0. The number of hydrogen-bond donors (Lipinski definition) is 0. The van der Waals surface area contributed by atoms with Gasteiger partial charge in [-0.3, -0.25) is 0 Å². The topological polar surface area (TPSA) is 0 Å². The van der Waals surface area contributed by atoms with Crippen LogP contribution in [0.25, 0.3) is 0 Å². The highest BCUT2D eigenvalue weighted by Gasteiger charge is 2.25. The largest absolute Gasteiger partial charge is 0.132 e. The average Bonchev–Trinajstić information content (AvgIpc) is 2.51. The van der Waals surface area contributed by atoms with Gasteiger partial charge in [0.05, 0.1) is 0 Å². The van der Waals surface area contributed by atoms with Crippen molar-refractivity contribution >= 4 is 8.07 Å². The molecule has 0 aliphatic heterocycles. The first-order valence-electron chi connectivity index (χ1n) is 6.14. The van der Waals surface area contributed by atoms with Crippen LogP contribution < -0.4 is 0 Å². The van der Waals surface area contributed by atoms with E-state index in [2.05, 4.69) is 43.8 Å². The van der Waals surface area contributed by atoms with Crippen LogP contribution in [-0.4, -0.2) is 8.07 Å². The highest BCUT2D eigenvalue weighted by molar-refractivity contribution is 6.83. The van der Waals surface area contributed by atoms with Gasteiger partial charge in [-0.05, 0) is 31.1 Å². The van der Waals surface area contributed by atoms with Gasteiger partial charge in [0, 0.05) is 6.42 Å². The second-order valence-electron chi connectivity index (χ2n) is 5.73. The van der Waals surface area contributed by atoms with Crippen LogP contribution in [0.1, 0.15) is 32.1 Å². The molecule has 0 unspecified atom stereocenters. The smallest absolute Gasteiger partial charge is 0.129 e. The van der Waals surface area contributed by atoms with Gasteiger partial charge in [-0.1, -0.05) is 32.1 Å². The van der Waals surface area contributed by atoms with E-state index < -0.39 is 8.07 Å². The molecule has 1 rings (SSSR count). The zero-order valence-corrected chi connectivity index (χ0v) is 11.5. The maximum absolute atomic E-state index is 3.85. The maximum Gasteiger partial charge on any atom is 0.129 e. The van der Waals surface area contributed by atoms with E-state index in [1.54, 1.807) is 0 Å². The molecule has 0 nitrogen and oxygen atoms in total. The van der Waals surface area contributed by atoms with Crippen LogP contribution in [0.2, 0.25) is 19.6 Å². The van der Waals surface area contributed by atoms with E-state index in [0.29, 0.717) is 0 Å². The molecule has 0 aromatic carbocycles. The lowest BCUT2D eigenvalue weighted by Crippen LogP contribution is -2.16. The summed E-state index contributed by atoms with van der Waals surface area (Å²) in [6, 6.07) is 0. The van der Waals surface area contributed by atoms with Crippen LogP contribution in [0.3, 0.4) is 0 Å². The van der Waals surface area contributed by atoms with Gasteiger partial charge in [-0.2, -0.15) is 0 Å². The third-order valence-corrected chi connectivity index (χ3v) is 4.04. The zero-order valence-electron chi connectivity index (χ0n) is 10.5. The van der Waals surface area contributed by atoms with Crippen LogP contribution >= 0.6 is 0 Å². The fourth-order valence-electron chi connectivity index (χ4n) is 2.35. The monoisotopic (exact) mass is 220 g/mol. The van der Waals surface area contributed by atoms with Crippen molar-refractivity contribution in [1.29, 1.82) is 0 Å². The Labute approximate surface area is 96.2 Å². The van der Waals surface area contributed by atoms with Crippen molar-refractivity contribution in [3.05, 3.63) is 12.7 Å². The predicted octanol–water partition coefficient (Wildman–Crippen LogP) is 4.25. The number of rotatable bonds is 3. The minimum absolute atomic E-state index is 0.854. The van der Waals surface area contributed by atoms with Gasteiger partial charge in [-0.25, -0.2) is 0 Å². The quantitative estimate of drug-likeness (QED) is 0.379. The first kappa shape index (κ1) is 12.6. The Kier molecular flexibility index (Phi) is 4.66. The summed E-state index contributed by atoms with van der Waals surface area (Å²) < 4.78 is 0. The Morgan fingerprint density at radius 2 is 1.93 bits per heavy atom. The fourth-order valence-corrected chi connectivity index (χ4v) is 2.99. The summed E-state index contributed by atoms with van der Waals surface area (Å²) in [6.07, 6.45) is 8.58. The first-order chi connectivity index (χ1) is 7.03. The second-order valence-corrected chi connectivity index (χ2v) is 10.5. The van der Waals surface area contributed by atoms with E-state index in [-0.39, 0.29) is 0 Å². The van der Waals surface area contributed by atoms with E-state index in [1.165, 1.54) is 25.7 Å². The Morgan fingerprint density at radius 3 is 2.53 bits per heavy atom. The molecule has 1 aliphatic rings. The summed E-state index contributed by atoms with van der Waals surface area (Å²) in [6.45, 7) is 10.8. The van der Waals surface area contributed by atoms with E-state index in [4.69, 9.17) is 0 Å². The molecule has 1 fully saturated rings. The molecule has 1 heteroatoms. The Morgan fingerprint density at radius 1 is 1.27 bits per heavy atom. The van der Waals surface area contributed by atoms with Crippen molar-refractivity contribution in [3.63, 3.8) is 0 Å². The summed E-state index contributed by atoms with van der Waals surface area (Å²) in [5, 5.41) is 0. The van der Waals surface area contributed by atoms with E-state index >= 15 is 0 Å². The van der Waals surface area contributed by atoms with Gasteiger partial charge in [0.15, 0.2) is 0 Å². The molecule has 0 aromatic heterocycles. The zero-order chi connectivity index (χ0) is 11.3. The number of allylic oxidation sites excluding steroid dienone is 1. The molecule has 84 valence electrons. The molecular formula is C14H24Si. The molecule has 0 spiro atoms. The Balaban J connectivity index is 2.43. The fraction of sp³-hybridized carbons (Fsp3) is 0.714. The van der Waals surface area contributed by atoms with Crippen LogP contribution in [-0.2, 0) is 0 Å². The van der Waals surface area contributed by atoms with Crippen LogP contribution in [0.15, 0.2) is 12.7 Å². The lowest BCUT2D eigenvalue weighted by molar-refractivity contribution is 0.399. The highest BCUT2D eigenvalue weighted by atomic mass is 28.3. The molecule has 15 heavy (non-hydrogen) atoms. The van der Waals surface area contributed by atoms with E-state index in [1.807, 2.05) is 0 Å². The van der Waals surface area contributed by atoms with E-state index in [0.717, 1.165) is 18.3 Å². The predicted molar refractivity (Wildman–Crippen MR) is 71.4 cm³/mol. The average molecular weight is 220 g/mol. The first-order valence-corrected chi connectivity index (χ1v) is 9.64. The van der Waals surface area contributed by atoms with Crippen LogP contribution in [0.5, 0.6) is 0 Å². The molecular weight excluding hydrogens is 196 g/mol. The van der Waals surface area contributed by atoms with Gasteiger partial charge in [0.25, 0.3) is 0 Å². The van der Waals surface area contributed by atoms with Crippen molar-refractivity contribution in [2.75, 3.05) is 0 Å². The SMILES string of the molecule is C=CC[C@H]1CCC[C@@H]1CC#C[Si](C)(C)C. The maximum atomic E-state index is 3.85. The molecule has 0 radical (unpaired) electrons. The van der Waals surface area contributed by atoms with Gasteiger partial charge in [0.2, 0.25) is 0 Å². The Hall–Kier alpha value is -0.483. The lowest BCUT2D eigenvalue weighted by atomic mass is 9.91. The summed E-state index contributed by atoms with van der Waals surface area (Å²) in [5.74, 6) is 5.16. The lowest BCUT2D eigenvalue weighted by Gasteiger charge is -2.15. The minimum atomic E-state index is -1.15. The summed E-state index contributed by atoms with van der Waals surface area (Å²) in [5.41, 5.74) is 3.47. The third-order valence-electron chi connectivity index (χ3n) is 3.11. The normalized spacial score (nSPS) is 25.8. The van der Waals surface area contributed by atoms with Crippen molar-refractivity contribution in [2.45, 2.75) is 51.7 Å².